The number of para-hydroxylation sites is 1. The van der Waals surface area contributed by atoms with Crippen molar-refractivity contribution in [3.8, 4) is 0 Å². The number of amides is 1. The van der Waals surface area contributed by atoms with Crippen LogP contribution in [0.25, 0.3) is 10.9 Å². The fourth-order valence-electron chi connectivity index (χ4n) is 3.26. The molecule has 0 aliphatic heterocycles. The number of thiophene rings is 1. The van der Waals surface area contributed by atoms with Crippen LogP contribution in [0.1, 0.15) is 26.8 Å². The molecule has 2 aromatic carbocycles. The maximum Gasteiger partial charge on any atom is 0.257 e. The van der Waals surface area contributed by atoms with E-state index in [1.54, 1.807) is 35.4 Å². The highest BCUT2D eigenvalue weighted by atomic mass is 32.1. The lowest BCUT2D eigenvalue weighted by Crippen LogP contribution is -2.32. The highest BCUT2D eigenvalue weighted by Crippen LogP contribution is 2.36. The Hall–Kier alpha value is -2.92. The van der Waals surface area contributed by atoms with Crippen LogP contribution in [0.15, 0.2) is 72.2 Å². The molecule has 0 aliphatic carbocycles. The van der Waals surface area contributed by atoms with Gasteiger partial charge in [-0.1, -0.05) is 36.4 Å². The van der Waals surface area contributed by atoms with Crippen molar-refractivity contribution in [1.29, 1.82) is 0 Å². The summed E-state index contributed by atoms with van der Waals surface area (Å²) in [6.45, 7) is 0. The molecule has 0 saturated heterocycles. The number of carbonyl (C=O) groups is 1. The van der Waals surface area contributed by atoms with Crippen molar-refractivity contribution in [2.24, 2.45) is 0 Å². The Labute approximate surface area is 154 Å². The number of halogens is 1. The standard InChI is InChI=1S/C21H17FN2OS/c1-24(21(25)15-8-2-4-9-17(15)22)20(19-11-6-12-26-19)16-13-23-18-10-5-3-7-14(16)18/h2-13,20,23H,1H3/t20-/m1/s1. The van der Waals surface area contributed by atoms with Gasteiger partial charge in [0.25, 0.3) is 5.91 Å². The Morgan fingerprint density at radius 3 is 2.62 bits per heavy atom. The van der Waals surface area contributed by atoms with Gasteiger partial charge in [-0.3, -0.25) is 4.79 Å². The molecule has 1 atom stereocenters. The van der Waals surface area contributed by atoms with Gasteiger partial charge in [-0.2, -0.15) is 0 Å². The summed E-state index contributed by atoms with van der Waals surface area (Å²) in [5.74, 6) is -0.847. The number of aromatic nitrogens is 1. The minimum absolute atomic E-state index is 0.0800. The second kappa shape index (κ2) is 6.77. The van der Waals surface area contributed by atoms with E-state index in [9.17, 15) is 9.18 Å². The van der Waals surface area contributed by atoms with Crippen molar-refractivity contribution < 1.29 is 9.18 Å². The summed E-state index contributed by atoms with van der Waals surface area (Å²) in [7, 11) is 1.72. The summed E-state index contributed by atoms with van der Waals surface area (Å²) in [4.78, 5) is 18.9. The van der Waals surface area contributed by atoms with E-state index in [0.717, 1.165) is 21.3 Å². The van der Waals surface area contributed by atoms with E-state index in [0.29, 0.717) is 0 Å². The molecule has 0 unspecified atom stereocenters. The van der Waals surface area contributed by atoms with Gasteiger partial charge in [0.2, 0.25) is 0 Å². The number of aromatic amines is 1. The Balaban J connectivity index is 1.82. The fourth-order valence-corrected chi connectivity index (χ4v) is 4.15. The SMILES string of the molecule is CN(C(=O)c1ccccc1F)[C@@H](c1cccs1)c1c[nH]c2ccccc12. The molecule has 0 fully saturated rings. The second-order valence-electron chi connectivity index (χ2n) is 6.10. The third-order valence-electron chi connectivity index (χ3n) is 4.54. The van der Waals surface area contributed by atoms with E-state index in [4.69, 9.17) is 0 Å². The first-order chi connectivity index (χ1) is 12.7. The van der Waals surface area contributed by atoms with E-state index in [1.165, 1.54) is 12.1 Å². The zero-order valence-corrected chi connectivity index (χ0v) is 15.0. The van der Waals surface area contributed by atoms with Crippen molar-refractivity contribution in [1.82, 2.24) is 9.88 Å². The molecule has 130 valence electrons. The number of nitrogens with zero attached hydrogens (tertiary/aromatic N) is 1. The average Bonchev–Trinajstić information content (AvgIpc) is 3.33. The van der Waals surface area contributed by atoms with Crippen LogP contribution < -0.4 is 0 Å². The molecule has 3 nitrogen and oxygen atoms in total. The normalized spacial score (nSPS) is 12.2. The summed E-state index contributed by atoms with van der Waals surface area (Å²) in [5, 5.41) is 3.04. The first kappa shape index (κ1) is 16.5. The molecule has 1 N–H and O–H groups in total. The number of nitrogens with one attached hydrogen (secondary N) is 1. The van der Waals surface area contributed by atoms with Gasteiger partial charge in [0.15, 0.2) is 0 Å². The van der Waals surface area contributed by atoms with Crippen LogP contribution in [-0.2, 0) is 0 Å². The minimum Gasteiger partial charge on any atom is -0.361 e. The van der Waals surface area contributed by atoms with Crippen LogP contribution >= 0.6 is 11.3 Å². The van der Waals surface area contributed by atoms with Crippen LogP contribution in [0.4, 0.5) is 4.39 Å². The summed E-state index contributed by atoms with van der Waals surface area (Å²) >= 11 is 1.58. The number of carbonyl (C=O) groups excluding carboxylic acids is 1. The Kier molecular flexibility index (Phi) is 4.31. The average molecular weight is 364 g/mol. The summed E-state index contributed by atoms with van der Waals surface area (Å²) in [6.07, 6.45) is 1.93. The van der Waals surface area contributed by atoms with E-state index in [1.807, 2.05) is 48.0 Å². The third kappa shape index (κ3) is 2.80. The molecule has 0 bridgehead atoms. The molecule has 2 aromatic heterocycles. The van der Waals surface area contributed by atoms with E-state index in [-0.39, 0.29) is 17.5 Å². The van der Waals surface area contributed by atoms with Gasteiger partial charge in [-0.05, 0) is 29.6 Å². The Morgan fingerprint density at radius 1 is 1.08 bits per heavy atom. The summed E-state index contributed by atoms with van der Waals surface area (Å²) in [6, 6.07) is 17.7. The number of rotatable bonds is 4. The monoisotopic (exact) mass is 364 g/mol. The van der Waals surface area contributed by atoms with Gasteiger partial charge in [0.1, 0.15) is 5.82 Å². The number of hydrogen-bond acceptors (Lipinski definition) is 2. The van der Waals surface area contributed by atoms with Gasteiger partial charge >= 0.3 is 0 Å². The predicted octanol–water partition coefficient (Wildman–Crippen LogP) is 5.23. The van der Waals surface area contributed by atoms with Crippen LogP contribution in [0.3, 0.4) is 0 Å². The molecule has 26 heavy (non-hydrogen) atoms. The van der Waals surface area contributed by atoms with Crippen molar-refractivity contribution >= 4 is 28.1 Å². The quantitative estimate of drug-likeness (QED) is 0.529. The highest BCUT2D eigenvalue weighted by molar-refractivity contribution is 7.10. The maximum absolute atomic E-state index is 14.2. The predicted molar refractivity (Wildman–Crippen MR) is 103 cm³/mol. The first-order valence-electron chi connectivity index (χ1n) is 8.28. The molecule has 1 amide bonds. The zero-order valence-electron chi connectivity index (χ0n) is 14.1. The van der Waals surface area contributed by atoms with Gasteiger partial charge in [-0.15, -0.1) is 11.3 Å². The van der Waals surface area contributed by atoms with Gasteiger partial charge < -0.3 is 9.88 Å². The van der Waals surface area contributed by atoms with Gasteiger partial charge in [0, 0.05) is 34.6 Å². The molecule has 5 heteroatoms. The highest BCUT2D eigenvalue weighted by Gasteiger charge is 2.28. The van der Waals surface area contributed by atoms with E-state index >= 15 is 0 Å². The number of hydrogen-bond donors (Lipinski definition) is 1. The molecule has 0 spiro atoms. The fraction of sp³-hybridized carbons (Fsp3) is 0.0952. The summed E-state index contributed by atoms with van der Waals surface area (Å²) < 4.78 is 14.2. The van der Waals surface area contributed by atoms with Crippen molar-refractivity contribution in [3.63, 3.8) is 0 Å². The second-order valence-corrected chi connectivity index (χ2v) is 7.08. The van der Waals surface area contributed by atoms with Crippen LogP contribution in [0.5, 0.6) is 0 Å². The van der Waals surface area contributed by atoms with Gasteiger partial charge in [0.05, 0.1) is 11.6 Å². The van der Waals surface area contributed by atoms with Crippen molar-refractivity contribution in [2.75, 3.05) is 7.05 Å². The summed E-state index contributed by atoms with van der Waals surface area (Å²) in [5.41, 5.74) is 2.09. The molecule has 4 rings (SSSR count). The van der Waals surface area contributed by atoms with Crippen molar-refractivity contribution in [3.05, 3.63) is 94.1 Å². The van der Waals surface area contributed by atoms with Crippen LogP contribution in [0.2, 0.25) is 0 Å². The number of fused-ring (bicyclic) bond motifs is 1. The van der Waals surface area contributed by atoms with Crippen molar-refractivity contribution in [2.45, 2.75) is 6.04 Å². The molecule has 0 radical (unpaired) electrons. The minimum atomic E-state index is -0.506. The number of benzene rings is 2. The largest absolute Gasteiger partial charge is 0.361 e. The molecule has 2 heterocycles. The lowest BCUT2D eigenvalue weighted by Gasteiger charge is -2.28. The smallest absolute Gasteiger partial charge is 0.257 e. The zero-order chi connectivity index (χ0) is 18.1. The number of H-pyrrole nitrogens is 1. The topological polar surface area (TPSA) is 36.1 Å². The molecule has 0 saturated carbocycles. The van der Waals surface area contributed by atoms with Crippen LogP contribution in [-0.4, -0.2) is 22.8 Å². The molecule has 0 aliphatic rings. The maximum atomic E-state index is 14.2. The first-order valence-corrected chi connectivity index (χ1v) is 9.16. The Bertz CT molecular complexity index is 1050. The van der Waals surface area contributed by atoms with E-state index < -0.39 is 5.82 Å². The lowest BCUT2D eigenvalue weighted by atomic mass is 10.0. The third-order valence-corrected chi connectivity index (χ3v) is 5.47. The lowest BCUT2D eigenvalue weighted by molar-refractivity contribution is 0.0753. The van der Waals surface area contributed by atoms with Gasteiger partial charge in [-0.25, -0.2) is 4.39 Å². The molecule has 4 aromatic rings. The Morgan fingerprint density at radius 2 is 1.85 bits per heavy atom. The van der Waals surface area contributed by atoms with Crippen LogP contribution in [0, 0.1) is 5.82 Å². The molecular formula is C21H17FN2OS. The van der Waals surface area contributed by atoms with E-state index in [2.05, 4.69) is 4.98 Å². The molecular weight excluding hydrogens is 347 g/mol.